The summed E-state index contributed by atoms with van der Waals surface area (Å²) in [7, 11) is 0. The van der Waals surface area contributed by atoms with Gasteiger partial charge in [0.25, 0.3) is 0 Å². The summed E-state index contributed by atoms with van der Waals surface area (Å²) in [6.07, 6.45) is 7.33. The Labute approximate surface area is 128 Å². The predicted octanol–water partition coefficient (Wildman–Crippen LogP) is 3.48. The molecule has 1 aliphatic rings. The van der Waals surface area contributed by atoms with Gasteiger partial charge in [-0.05, 0) is 32.8 Å². The normalized spacial score (nSPS) is 15.7. The number of nitrogens with zero attached hydrogens (tertiary/aromatic N) is 2. The lowest BCUT2D eigenvalue weighted by molar-refractivity contribution is 0.188. The summed E-state index contributed by atoms with van der Waals surface area (Å²) in [4.78, 5) is 19.9. The highest BCUT2D eigenvalue weighted by Crippen LogP contribution is 2.29. The Morgan fingerprint density at radius 2 is 2.43 bits per heavy atom. The molecule has 0 spiro atoms. The van der Waals surface area contributed by atoms with Crippen LogP contribution in [-0.4, -0.2) is 22.0 Å². The average Bonchev–Trinajstić information content (AvgIpc) is 2.98. The van der Waals surface area contributed by atoms with Crippen molar-refractivity contribution < 1.29 is 9.21 Å². The van der Waals surface area contributed by atoms with E-state index in [1.54, 1.807) is 23.9 Å². The molecule has 0 radical (unpaired) electrons. The summed E-state index contributed by atoms with van der Waals surface area (Å²) in [5.41, 5.74) is 1.02. The minimum Gasteiger partial charge on any atom is -0.472 e. The molecule has 3 rings (SSSR count). The molecule has 1 aliphatic carbocycles. The minimum absolute atomic E-state index is 0.0287. The molecule has 0 aromatic carbocycles. The van der Waals surface area contributed by atoms with Gasteiger partial charge in [-0.25, -0.2) is 9.78 Å². The summed E-state index contributed by atoms with van der Waals surface area (Å²) >= 11 is 1.62. The zero-order valence-corrected chi connectivity index (χ0v) is 13.0. The first-order valence-corrected chi connectivity index (χ1v) is 7.95. The molecule has 1 fully saturated rings. The number of aromatic nitrogens is 1. The smallest absolute Gasteiger partial charge is 0.318 e. The summed E-state index contributed by atoms with van der Waals surface area (Å²) in [5, 5.41) is 3.99. The molecule has 2 aromatic heterocycles. The van der Waals surface area contributed by atoms with E-state index in [0.29, 0.717) is 12.6 Å². The Bertz CT molecular complexity index is 604. The van der Waals surface area contributed by atoms with Gasteiger partial charge in [0, 0.05) is 22.7 Å². The van der Waals surface area contributed by atoms with Gasteiger partial charge in [-0.15, -0.1) is 11.3 Å². The van der Waals surface area contributed by atoms with Gasteiger partial charge in [-0.3, -0.25) is 0 Å². The number of nitrogens with one attached hydrogen (secondary N) is 1. The van der Waals surface area contributed by atoms with Crippen LogP contribution >= 0.6 is 11.3 Å². The van der Waals surface area contributed by atoms with E-state index in [1.807, 2.05) is 31.0 Å². The Balaban J connectivity index is 1.64. The fourth-order valence-corrected chi connectivity index (χ4v) is 3.01. The lowest BCUT2D eigenvalue weighted by Gasteiger charge is -2.24. The van der Waals surface area contributed by atoms with E-state index >= 15 is 0 Å². The second-order valence-corrected chi connectivity index (χ2v) is 6.74. The second kappa shape index (κ2) is 5.89. The van der Waals surface area contributed by atoms with Crippen LogP contribution in [0.15, 0.2) is 29.2 Å². The number of amides is 2. The first-order valence-electron chi connectivity index (χ1n) is 7.14. The monoisotopic (exact) mass is 305 g/mol. The Morgan fingerprint density at radius 1 is 1.62 bits per heavy atom. The van der Waals surface area contributed by atoms with Crippen molar-refractivity contribution in [3.05, 3.63) is 40.2 Å². The van der Waals surface area contributed by atoms with E-state index in [-0.39, 0.29) is 12.1 Å². The maximum absolute atomic E-state index is 12.5. The van der Waals surface area contributed by atoms with Gasteiger partial charge < -0.3 is 14.6 Å². The molecule has 2 heterocycles. The molecular formula is C15H19N3O2S. The first kappa shape index (κ1) is 14.1. The van der Waals surface area contributed by atoms with Crippen LogP contribution in [0, 0.1) is 6.92 Å². The van der Waals surface area contributed by atoms with E-state index in [2.05, 4.69) is 10.3 Å². The zero-order valence-electron chi connectivity index (χ0n) is 12.2. The number of thiazole rings is 1. The lowest BCUT2D eigenvalue weighted by atomic mass is 10.3. The van der Waals surface area contributed by atoms with Gasteiger partial charge in [0.05, 0.1) is 25.1 Å². The van der Waals surface area contributed by atoms with Crippen molar-refractivity contribution in [2.24, 2.45) is 0 Å². The van der Waals surface area contributed by atoms with Gasteiger partial charge in [-0.2, -0.15) is 0 Å². The maximum Gasteiger partial charge on any atom is 0.318 e. The molecule has 1 saturated carbocycles. The van der Waals surface area contributed by atoms with Crippen molar-refractivity contribution >= 4 is 17.4 Å². The highest BCUT2D eigenvalue weighted by molar-refractivity contribution is 7.11. The molecule has 0 aliphatic heterocycles. The van der Waals surface area contributed by atoms with Crippen LogP contribution in [0.3, 0.4) is 0 Å². The Morgan fingerprint density at radius 3 is 3.00 bits per heavy atom. The molecule has 21 heavy (non-hydrogen) atoms. The lowest BCUT2D eigenvalue weighted by Crippen LogP contribution is -2.41. The number of urea groups is 1. The molecule has 5 nitrogen and oxygen atoms in total. The minimum atomic E-state index is -0.0678. The van der Waals surface area contributed by atoms with Crippen molar-refractivity contribution in [3.8, 4) is 0 Å². The molecule has 1 unspecified atom stereocenters. The third-order valence-corrected chi connectivity index (χ3v) is 4.63. The number of aryl methyl sites for hydroxylation is 1. The van der Waals surface area contributed by atoms with E-state index in [0.717, 1.165) is 28.3 Å². The third-order valence-electron chi connectivity index (χ3n) is 3.53. The maximum atomic E-state index is 12.5. The molecule has 2 amide bonds. The van der Waals surface area contributed by atoms with Crippen molar-refractivity contribution in [1.29, 1.82) is 0 Å². The fraction of sp³-hybridized carbons (Fsp3) is 0.467. The van der Waals surface area contributed by atoms with E-state index in [1.165, 1.54) is 0 Å². The number of rotatable bonds is 5. The van der Waals surface area contributed by atoms with Crippen molar-refractivity contribution in [2.45, 2.75) is 45.3 Å². The summed E-state index contributed by atoms with van der Waals surface area (Å²) in [5.74, 6) is 0. The van der Waals surface area contributed by atoms with Crippen molar-refractivity contribution in [2.75, 3.05) is 0 Å². The Kier molecular flexibility index (Phi) is 3.96. The van der Waals surface area contributed by atoms with Crippen LogP contribution in [0.2, 0.25) is 0 Å². The van der Waals surface area contributed by atoms with Crippen LogP contribution in [-0.2, 0) is 6.54 Å². The van der Waals surface area contributed by atoms with Gasteiger partial charge >= 0.3 is 6.03 Å². The van der Waals surface area contributed by atoms with Crippen LogP contribution in [0.25, 0.3) is 0 Å². The SMILES string of the molecule is Cc1cnc(C(C)NC(=O)N(Cc2ccoc2)C2CC2)s1. The Hall–Kier alpha value is -1.82. The number of hydrogen-bond donors (Lipinski definition) is 1. The number of carbonyl (C=O) groups is 1. The molecule has 1 atom stereocenters. The molecular weight excluding hydrogens is 286 g/mol. The number of hydrogen-bond acceptors (Lipinski definition) is 4. The molecule has 112 valence electrons. The molecule has 0 saturated heterocycles. The van der Waals surface area contributed by atoms with Crippen LogP contribution in [0.4, 0.5) is 4.79 Å². The highest BCUT2D eigenvalue weighted by atomic mass is 32.1. The first-order chi connectivity index (χ1) is 10.1. The van der Waals surface area contributed by atoms with Crippen LogP contribution in [0.5, 0.6) is 0 Å². The average molecular weight is 305 g/mol. The van der Waals surface area contributed by atoms with Crippen molar-refractivity contribution in [3.63, 3.8) is 0 Å². The van der Waals surface area contributed by atoms with Gasteiger partial charge in [-0.1, -0.05) is 0 Å². The largest absolute Gasteiger partial charge is 0.472 e. The van der Waals surface area contributed by atoms with E-state index in [9.17, 15) is 4.79 Å². The second-order valence-electron chi connectivity index (χ2n) is 5.47. The standard InChI is InChI=1S/C15H19N3O2S/c1-10-7-16-14(21-10)11(2)17-15(19)18(13-3-4-13)8-12-5-6-20-9-12/h5-7,9,11,13H,3-4,8H2,1-2H3,(H,17,19). The van der Waals surface area contributed by atoms with Crippen LogP contribution < -0.4 is 5.32 Å². The number of furan rings is 1. The zero-order chi connectivity index (χ0) is 14.8. The quantitative estimate of drug-likeness (QED) is 0.920. The third kappa shape index (κ3) is 3.44. The van der Waals surface area contributed by atoms with Gasteiger partial charge in [0.15, 0.2) is 0 Å². The molecule has 6 heteroatoms. The van der Waals surface area contributed by atoms with Crippen LogP contribution in [0.1, 0.15) is 41.3 Å². The number of carbonyl (C=O) groups excluding carboxylic acids is 1. The summed E-state index contributed by atoms with van der Waals surface area (Å²) in [6.45, 7) is 4.58. The van der Waals surface area contributed by atoms with E-state index in [4.69, 9.17) is 4.42 Å². The van der Waals surface area contributed by atoms with Gasteiger partial charge in [0.2, 0.25) is 0 Å². The summed E-state index contributed by atoms with van der Waals surface area (Å²) in [6, 6.07) is 2.15. The highest BCUT2D eigenvalue weighted by Gasteiger charge is 2.33. The van der Waals surface area contributed by atoms with Gasteiger partial charge in [0.1, 0.15) is 5.01 Å². The van der Waals surface area contributed by atoms with E-state index < -0.39 is 0 Å². The molecule has 2 aromatic rings. The topological polar surface area (TPSA) is 58.4 Å². The fourth-order valence-electron chi connectivity index (χ4n) is 2.23. The van der Waals surface area contributed by atoms with Crippen molar-refractivity contribution in [1.82, 2.24) is 15.2 Å². The predicted molar refractivity (Wildman–Crippen MR) is 81.1 cm³/mol. The molecule has 0 bridgehead atoms. The molecule has 1 N–H and O–H groups in total. The summed E-state index contributed by atoms with van der Waals surface area (Å²) < 4.78 is 5.08.